The molecule has 2 aromatic rings. The van der Waals surface area contributed by atoms with Crippen molar-refractivity contribution in [3.05, 3.63) is 46.7 Å². The summed E-state index contributed by atoms with van der Waals surface area (Å²) in [5.74, 6) is -0.213. The van der Waals surface area contributed by atoms with Gasteiger partial charge in [-0.2, -0.15) is 5.10 Å². The Labute approximate surface area is 188 Å². The van der Waals surface area contributed by atoms with Gasteiger partial charge in [0.05, 0.1) is 16.9 Å². The molecule has 4 rings (SSSR count). The van der Waals surface area contributed by atoms with Crippen LogP contribution in [-0.4, -0.2) is 51.8 Å². The van der Waals surface area contributed by atoms with Gasteiger partial charge in [-0.05, 0) is 44.7 Å². The van der Waals surface area contributed by atoms with Crippen molar-refractivity contribution in [3.63, 3.8) is 0 Å². The van der Waals surface area contributed by atoms with Crippen LogP contribution in [0.5, 0.6) is 0 Å². The molecule has 1 saturated heterocycles. The summed E-state index contributed by atoms with van der Waals surface area (Å²) >= 11 is 6.51. The molecule has 8 heteroatoms. The van der Waals surface area contributed by atoms with Crippen LogP contribution in [0.1, 0.15) is 61.0 Å². The number of aromatic nitrogens is 2. The van der Waals surface area contributed by atoms with Crippen molar-refractivity contribution in [1.29, 1.82) is 0 Å². The van der Waals surface area contributed by atoms with E-state index in [9.17, 15) is 9.59 Å². The molecule has 0 spiro atoms. The fraction of sp³-hybridized carbons (Fsp3) is 0.522. The van der Waals surface area contributed by atoms with Gasteiger partial charge in [-0.1, -0.05) is 49.1 Å². The number of halogens is 1. The highest BCUT2D eigenvalue weighted by molar-refractivity contribution is 6.33. The molecule has 0 radical (unpaired) electrons. The second-order valence-corrected chi connectivity index (χ2v) is 8.88. The molecular formula is C23H30ClN5O2. The van der Waals surface area contributed by atoms with E-state index in [0.29, 0.717) is 35.5 Å². The van der Waals surface area contributed by atoms with E-state index >= 15 is 0 Å². The minimum atomic E-state index is -0.213. The quantitative estimate of drug-likeness (QED) is 0.747. The number of amides is 3. The van der Waals surface area contributed by atoms with Gasteiger partial charge in [0.2, 0.25) is 0 Å². The fourth-order valence-electron chi connectivity index (χ4n) is 4.49. The van der Waals surface area contributed by atoms with Gasteiger partial charge in [0, 0.05) is 25.2 Å². The summed E-state index contributed by atoms with van der Waals surface area (Å²) in [6, 6.07) is 9.87. The van der Waals surface area contributed by atoms with E-state index in [1.165, 1.54) is 19.3 Å². The highest BCUT2D eigenvalue weighted by Crippen LogP contribution is 2.24. The number of nitrogens with one attached hydrogen (secondary N) is 2. The highest BCUT2D eigenvalue weighted by Gasteiger charge is 2.28. The number of urea groups is 1. The molecule has 1 aliphatic carbocycles. The van der Waals surface area contributed by atoms with Crippen molar-refractivity contribution in [2.75, 3.05) is 13.1 Å². The lowest BCUT2D eigenvalue weighted by molar-refractivity contribution is 0.0917. The van der Waals surface area contributed by atoms with Gasteiger partial charge in [0.15, 0.2) is 0 Å². The SMILES string of the molecule is Cc1nn(-c2ccccc2)c(Cl)c1C(=O)NC1CCN(C(=O)NC2CCCCC2)CC1. The maximum absolute atomic E-state index is 12.9. The maximum atomic E-state index is 12.9. The van der Waals surface area contributed by atoms with Crippen molar-refractivity contribution >= 4 is 23.5 Å². The van der Waals surface area contributed by atoms with Crippen LogP contribution in [0.15, 0.2) is 30.3 Å². The fourth-order valence-corrected chi connectivity index (χ4v) is 4.85. The first-order valence-electron chi connectivity index (χ1n) is 11.2. The maximum Gasteiger partial charge on any atom is 0.317 e. The molecule has 2 N–H and O–H groups in total. The summed E-state index contributed by atoms with van der Waals surface area (Å²) in [4.78, 5) is 27.3. The Morgan fingerprint density at radius 1 is 0.968 bits per heavy atom. The van der Waals surface area contributed by atoms with Gasteiger partial charge >= 0.3 is 6.03 Å². The Bertz CT molecular complexity index is 916. The van der Waals surface area contributed by atoms with Crippen molar-refractivity contribution in [1.82, 2.24) is 25.3 Å². The average molecular weight is 444 g/mol. The number of rotatable bonds is 4. The summed E-state index contributed by atoms with van der Waals surface area (Å²) in [6.45, 7) is 3.07. The first kappa shape index (κ1) is 21.7. The van der Waals surface area contributed by atoms with Crippen LogP contribution in [-0.2, 0) is 0 Å². The standard InChI is InChI=1S/C23H30ClN5O2/c1-16-20(21(24)29(27-16)19-10-6-3-7-11-19)22(30)25-18-12-14-28(15-13-18)23(31)26-17-8-4-2-5-9-17/h3,6-7,10-11,17-18H,2,4-5,8-9,12-15H2,1H3,(H,25,30)(H,26,31). The Kier molecular flexibility index (Phi) is 6.80. The van der Waals surface area contributed by atoms with E-state index in [1.807, 2.05) is 35.2 Å². The molecule has 7 nitrogen and oxygen atoms in total. The van der Waals surface area contributed by atoms with E-state index in [4.69, 9.17) is 11.6 Å². The third kappa shape index (κ3) is 5.03. The van der Waals surface area contributed by atoms with Crippen LogP contribution in [0.4, 0.5) is 4.79 Å². The molecule has 0 bridgehead atoms. The van der Waals surface area contributed by atoms with Gasteiger partial charge in [0.1, 0.15) is 5.15 Å². The summed E-state index contributed by atoms with van der Waals surface area (Å²) < 4.78 is 1.59. The molecule has 1 aliphatic heterocycles. The van der Waals surface area contributed by atoms with Gasteiger partial charge in [-0.25, -0.2) is 9.48 Å². The van der Waals surface area contributed by atoms with Crippen LogP contribution in [0.3, 0.4) is 0 Å². The summed E-state index contributed by atoms with van der Waals surface area (Å²) in [7, 11) is 0. The van der Waals surface area contributed by atoms with Crippen molar-refractivity contribution in [2.24, 2.45) is 0 Å². The first-order chi connectivity index (χ1) is 15.0. The van der Waals surface area contributed by atoms with Gasteiger partial charge in [-0.15, -0.1) is 0 Å². The zero-order valence-electron chi connectivity index (χ0n) is 17.9. The van der Waals surface area contributed by atoms with Crippen LogP contribution in [0.25, 0.3) is 5.69 Å². The first-order valence-corrected chi connectivity index (χ1v) is 11.6. The molecule has 1 aromatic heterocycles. The summed E-state index contributed by atoms with van der Waals surface area (Å²) in [5.41, 5.74) is 1.81. The van der Waals surface area contributed by atoms with E-state index in [-0.39, 0.29) is 18.0 Å². The number of hydrogen-bond donors (Lipinski definition) is 2. The Morgan fingerprint density at radius 3 is 2.29 bits per heavy atom. The zero-order valence-corrected chi connectivity index (χ0v) is 18.7. The molecular weight excluding hydrogens is 414 g/mol. The highest BCUT2D eigenvalue weighted by atomic mass is 35.5. The van der Waals surface area contributed by atoms with Gasteiger partial charge < -0.3 is 15.5 Å². The second-order valence-electron chi connectivity index (χ2n) is 8.52. The Balaban J connectivity index is 1.32. The van der Waals surface area contributed by atoms with Crippen LogP contribution < -0.4 is 10.6 Å². The molecule has 1 aromatic carbocycles. The number of para-hydroxylation sites is 1. The second kappa shape index (κ2) is 9.73. The van der Waals surface area contributed by atoms with Crippen LogP contribution in [0.2, 0.25) is 5.15 Å². The molecule has 31 heavy (non-hydrogen) atoms. The van der Waals surface area contributed by atoms with Crippen molar-refractivity contribution in [3.8, 4) is 5.69 Å². The zero-order chi connectivity index (χ0) is 21.8. The number of aryl methyl sites for hydroxylation is 1. The largest absolute Gasteiger partial charge is 0.349 e. The third-order valence-electron chi connectivity index (χ3n) is 6.28. The van der Waals surface area contributed by atoms with Crippen molar-refractivity contribution in [2.45, 2.75) is 64.0 Å². The topological polar surface area (TPSA) is 79.3 Å². The molecule has 0 unspecified atom stereocenters. The Morgan fingerprint density at radius 2 is 1.61 bits per heavy atom. The molecule has 2 aliphatic rings. The van der Waals surface area contributed by atoms with Gasteiger partial charge in [-0.3, -0.25) is 4.79 Å². The normalized spacial score (nSPS) is 18.1. The summed E-state index contributed by atoms with van der Waals surface area (Å²) in [6.07, 6.45) is 7.28. The number of carbonyl (C=O) groups is 2. The monoisotopic (exact) mass is 443 g/mol. The molecule has 0 atom stereocenters. The van der Waals surface area contributed by atoms with E-state index in [0.717, 1.165) is 31.4 Å². The van der Waals surface area contributed by atoms with E-state index in [1.54, 1.807) is 11.6 Å². The minimum absolute atomic E-state index is 0.0155. The lowest BCUT2D eigenvalue weighted by Gasteiger charge is -2.34. The molecule has 2 fully saturated rings. The number of benzene rings is 1. The van der Waals surface area contributed by atoms with Crippen molar-refractivity contribution < 1.29 is 9.59 Å². The molecule has 2 heterocycles. The number of likely N-dealkylation sites (tertiary alicyclic amines) is 1. The lowest BCUT2D eigenvalue weighted by atomic mass is 9.95. The Hall–Kier alpha value is -2.54. The smallest absolute Gasteiger partial charge is 0.317 e. The van der Waals surface area contributed by atoms with Crippen LogP contribution in [0, 0.1) is 6.92 Å². The predicted octanol–water partition coefficient (Wildman–Crippen LogP) is 4.07. The van der Waals surface area contributed by atoms with Crippen LogP contribution >= 0.6 is 11.6 Å². The third-order valence-corrected chi connectivity index (χ3v) is 6.63. The predicted molar refractivity (Wildman–Crippen MR) is 121 cm³/mol. The molecule has 3 amide bonds. The number of hydrogen-bond acceptors (Lipinski definition) is 3. The number of piperidine rings is 1. The van der Waals surface area contributed by atoms with Gasteiger partial charge in [0.25, 0.3) is 5.91 Å². The minimum Gasteiger partial charge on any atom is -0.349 e. The molecule has 166 valence electrons. The van der Waals surface area contributed by atoms with E-state index in [2.05, 4.69) is 15.7 Å². The molecule has 1 saturated carbocycles. The average Bonchev–Trinajstić information content (AvgIpc) is 3.09. The lowest BCUT2D eigenvalue weighted by Crippen LogP contribution is -2.51. The number of carbonyl (C=O) groups excluding carboxylic acids is 2. The number of nitrogens with zero attached hydrogens (tertiary/aromatic N) is 3. The van der Waals surface area contributed by atoms with E-state index < -0.39 is 0 Å². The summed E-state index contributed by atoms with van der Waals surface area (Å²) in [5, 5.41) is 11.0.